The molecule has 1 heterocycles. The van der Waals surface area contributed by atoms with E-state index in [-0.39, 0.29) is 0 Å². The van der Waals surface area contributed by atoms with Gasteiger partial charge >= 0.3 is 0 Å². The van der Waals surface area contributed by atoms with Gasteiger partial charge in [0.25, 0.3) is 0 Å². The summed E-state index contributed by atoms with van der Waals surface area (Å²) in [4.78, 5) is 0. The molecule has 0 unspecified atom stereocenters. The second kappa shape index (κ2) is 2.48. The number of nitrogens with zero attached hydrogens (tertiary/aromatic N) is 1. The van der Waals surface area contributed by atoms with Gasteiger partial charge in [0.05, 0.1) is 0 Å². The lowest BCUT2D eigenvalue weighted by Gasteiger charge is -2.14. The van der Waals surface area contributed by atoms with E-state index >= 15 is 0 Å². The first-order valence-corrected chi connectivity index (χ1v) is 3.86. The summed E-state index contributed by atoms with van der Waals surface area (Å²) in [5, 5.41) is 10.8. The number of hydroxylamine groups is 1. The maximum atomic E-state index is 10.8. The Labute approximate surface area is 71.0 Å². The van der Waals surface area contributed by atoms with Gasteiger partial charge < -0.3 is 5.21 Å². The molecule has 0 spiro atoms. The van der Waals surface area contributed by atoms with Crippen LogP contribution in [0.15, 0.2) is 36.5 Å². The Morgan fingerprint density at radius 3 is 2.33 bits per heavy atom. The molecule has 0 radical (unpaired) electrons. The maximum Gasteiger partial charge on any atom is 0.203 e. The van der Waals surface area contributed by atoms with Crippen molar-refractivity contribution in [1.82, 2.24) is 0 Å². The van der Waals surface area contributed by atoms with E-state index in [2.05, 4.69) is 0 Å². The van der Waals surface area contributed by atoms with Crippen molar-refractivity contribution in [1.29, 1.82) is 0 Å². The monoisotopic (exact) mass is 159 g/mol. The Bertz CT molecular complexity index is 363. The molecule has 1 aromatic rings. The van der Waals surface area contributed by atoms with Gasteiger partial charge in [0.15, 0.2) is 6.20 Å². The molecule has 0 aliphatic carbocycles. The van der Waals surface area contributed by atoms with E-state index in [9.17, 15) is 5.21 Å². The quantitative estimate of drug-likeness (QED) is 0.454. The fourth-order valence-corrected chi connectivity index (χ4v) is 1.26. The normalized spacial score (nSPS) is 15.6. The van der Waals surface area contributed by atoms with Crippen LogP contribution in [0, 0.1) is 5.21 Å². The van der Waals surface area contributed by atoms with Crippen molar-refractivity contribution in [2.45, 2.75) is 6.92 Å². The lowest BCUT2D eigenvalue weighted by molar-refractivity contribution is -0.386. The summed E-state index contributed by atoms with van der Waals surface area (Å²) in [6.07, 6.45) is 1.60. The molecule has 1 aliphatic rings. The molecule has 1 aromatic carbocycles. The van der Waals surface area contributed by atoms with Crippen molar-refractivity contribution < 1.29 is 4.74 Å². The number of benzene rings is 1. The third kappa shape index (κ3) is 0.925. The average Bonchev–Trinajstić information content (AvgIpc) is 2.15. The van der Waals surface area contributed by atoms with Crippen LogP contribution in [0.5, 0.6) is 0 Å². The molecule has 0 saturated carbocycles. The second-order valence-electron chi connectivity index (χ2n) is 2.82. The van der Waals surface area contributed by atoms with Gasteiger partial charge in [-0.3, -0.25) is 0 Å². The predicted octanol–water partition coefficient (Wildman–Crippen LogP) is 2.01. The van der Waals surface area contributed by atoms with Crippen LogP contribution in [-0.2, 0) is 0 Å². The molecule has 0 bridgehead atoms. The summed E-state index contributed by atoms with van der Waals surface area (Å²) >= 11 is 0. The van der Waals surface area contributed by atoms with Gasteiger partial charge in [-0.15, -0.1) is 0 Å². The van der Waals surface area contributed by atoms with Crippen LogP contribution in [-0.4, -0.2) is 10.5 Å². The van der Waals surface area contributed by atoms with Crippen molar-refractivity contribution in [3.05, 3.63) is 47.3 Å². The Morgan fingerprint density at radius 1 is 1.17 bits per heavy atom. The predicted molar refractivity (Wildman–Crippen MR) is 48.7 cm³/mol. The van der Waals surface area contributed by atoms with Crippen LogP contribution in [0.1, 0.15) is 12.5 Å². The van der Waals surface area contributed by atoms with Gasteiger partial charge in [-0.1, -0.05) is 30.3 Å². The zero-order chi connectivity index (χ0) is 8.55. The van der Waals surface area contributed by atoms with Crippen molar-refractivity contribution in [3.8, 4) is 0 Å². The molecule has 2 nitrogen and oxygen atoms in total. The smallest absolute Gasteiger partial charge is 0.203 e. The highest BCUT2D eigenvalue weighted by atomic mass is 16.5. The number of hydrogen-bond donors (Lipinski definition) is 0. The van der Waals surface area contributed by atoms with Crippen LogP contribution in [0.25, 0.3) is 5.57 Å². The Kier molecular flexibility index (Phi) is 1.47. The zero-order valence-corrected chi connectivity index (χ0v) is 6.82. The highest BCUT2D eigenvalue weighted by Gasteiger charge is 2.22. The van der Waals surface area contributed by atoms with Crippen LogP contribution in [0.4, 0.5) is 0 Å². The first-order valence-electron chi connectivity index (χ1n) is 3.86. The van der Waals surface area contributed by atoms with Gasteiger partial charge in [0.2, 0.25) is 5.71 Å². The molecule has 0 amide bonds. The molecule has 60 valence electrons. The van der Waals surface area contributed by atoms with E-state index in [0.29, 0.717) is 0 Å². The van der Waals surface area contributed by atoms with Crippen LogP contribution in [0.3, 0.4) is 0 Å². The average molecular weight is 159 g/mol. The zero-order valence-electron chi connectivity index (χ0n) is 6.82. The molecule has 0 atom stereocenters. The fourth-order valence-electron chi connectivity index (χ4n) is 1.26. The summed E-state index contributed by atoms with van der Waals surface area (Å²) in [5.74, 6) is 0. The summed E-state index contributed by atoms with van der Waals surface area (Å²) in [6.45, 7) is 1.83. The Balaban J connectivity index is 2.32. The minimum Gasteiger partial charge on any atom is -0.618 e. The van der Waals surface area contributed by atoms with Gasteiger partial charge in [-0.25, -0.2) is 0 Å². The topological polar surface area (TPSA) is 26.1 Å². The molecule has 1 aliphatic heterocycles. The van der Waals surface area contributed by atoms with Gasteiger partial charge in [0, 0.05) is 6.92 Å². The maximum absolute atomic E-state index is 10.8. The van der Waals surface area contributed by atoms with E-state index in [1.807, 2.05) is 37.3 Å². The highest BCUT2D eigenvalue weighted by Crippen LogP contribution is 2.21. The van der Waals surface area contributed by atoms with Crippen LogP contribution >= 0.6 is 0 Å². The van der Waals surface area contributed by atoms with Crippen LogP contribution < -0.4 is 0 Å². The second-order valence-corrected chi connectivity index (χ2v) is 2.82. The number of hydrogen-bond acceptors (Lipinski definition) is 1. The minimum atomic E-state index is 0.793. The first kappa shape index (κ1) is 7.10. The van der Waals surface area contributed by atoms with Crippen molar-refractivity contribution in [2.24, 2.45) is 0 Å². The molecular weight excluding hydrogens is 150 g/mol. The standard InChI is InChI=1S/C10H9NO/c1-8-10(7-11(8)12)9-5-3-2-4-6-9/h2-7H,1H3. The van der Waals surface area contributed by atoms with Crippen molar-refractivity contribution in [2.75, 3.05) is 0 Å². The van der Waals surface area contributed by atoms with E-state index in [1.54, 1.807) is 6.20 Å². The van der Waals surface area contributed by atoms with E-state index in [1.165, 1.54) is 0 Å². The molecule has 2 heteroatoms. The molecule has 0 saturated heterocycles. The van der Waals surface area contributed by atoms with Crippen molar-refractivity contribution >= 4 is 11.3 Å². The fraction of sp³-hybridized carbons (Fsp3) is 0.100. The van der Waals surface area contributed by atoms with Gasteiger partial charge in [-0.05, 0) is 5.56 Å². The third-order valence-corrected chi connectivity index (χ3v) is 2.05. The summed E-state index contributed by atoms with van der Waals surface area (Å²) in [5.41, 5.74) is 2.95. The summed E-state index contributed by atoms with van der Waals surface area (Å²) in [6, 6.07) is 9.91. The van der Waals surface area contributed by atoms with E-state index in [4.69, 9.17) is 0 Å². The van der Waals surface area contributed by atoms with Gasteiger partial charge in [-0.2, -0.15) is 4.74 Å². The van der Waals surface area contributed by atoms with Crippen molar-refractivity contribution in [3.63, 3.8) is 0 Å². The number of rotatable bonds is 1. The Hall–Kier alpha value is -1.57. The summed E-state index contributed by atoms with van der Waals surface area (Å²) in [7, 11) is 0. The molecule has 12 heavy (non-hydrogen) atoms. The van der Waals surface area contributed by atoms with E-state index in [0.717, 1.165) is 21.6 Å². The molecule has 2 rings (SSSR count). The first-order chi connectivity index (χ1) is 5.79. The molecule has 0 fully saturated rings. The van der Waals surface area contributed by atoms with Gasteiger partial charge in [0.1, 0.15) is 5.57 Å². The largest absolute Gasteiger partial charge is 0.618 e. The number of allylic oxidation sites excluding steroid dienone is 1. The van der Waals surface area contributed by atoms with Crippen LogP contribution in [0.2, 0.25) is 0 Å². The highest BCUT2D eigenvalue weighted by molar-refractivity contribution is 6.22. The lowest BCUT2D eigenvalue weighted by atomic mass is 10.0. The minimum absolute atomic E-state index is 0.793. The third-order valence-electron chi connectivity index (χ3n) is 2.05. The molecule has 0 N–H and O–H groups in total. The lowest BCUT2D eigenvalue weighted by Crippen LogP contribution is -2.19. The Morgan fingerprint density at radius 2 is 1.83 bits per heavy atom. The summed E-state index contributed by atoms with van der Waals surface area (Å²) < 4.78 is 0.891. The molecule has 0 aromatic heterocycles. The SMILES string of the molecule is CC1=[N+]([O-])C=C1c1ccccc1. The van der Waals surface area contributed by atoms with E-state index < -0.39 is 0 Å². The molecular formula is C10H9NO.